The third-order valence-electron chi connectivity index (χ3n) is 6.29. The van der Waals surface area contributed by atoms with Gasteiger partial charge >= 0.3 is 12.4 Å². The molecule has 0 saturated heterocycles. The number of nitrogens with zero attached hydrogens (tertiary/aromatic N) is 5. The van der Waals surface area contributed by atoms with Crippen molar-refractivity contribution in [1.29, 1.82) is 0 Å². The SMILES string of the molecule is CN=C(C(=C(N)OC)c1ncc(C(O)C(F)(F)F)c(OCc2ccc(-c3nc(C(F)(F)F)cn3C)cc2)n1)C1CC1. The van der Waals surface area contributed by atoms with E-state index in [-0.39, 0.29) is 35.6 Å². The summed E-state index contributed by atoms with van der Waals surface area (Å²) >= 11 is 0. The number of halogens is 6. The van der Waals surface area contributed by atoms with E-state index < -0.39 is 35.6 Å². The molecule has 15 heteroatoms. The monoisotopic (exact) mass is 584 g/mol. The minimum atomic E-state index is -5.03. The summed E-state index contributed by atoms with van der Waals surface area (Å²) in [5, 5.41) is 9.96. The Morgan fingerprint density at radius 3 is 2.32 bits per heavy atom. The number of aliphatic hydroxyl groups excluding tert-OH is 1. The lowest BCUT2D eigenvalue weighted by Crippen LogP contribution is -2.23. The molecule has 0 radical (unpaired) electrons. The Morgan fingerprint density at radius 2 is 1.80 bits per heavy atom. The Morgan fingerprint density at radius 1 is 1.15 bits per heavy atom. The summed E-state index contributed by atoms with van der Waals surface area (Å²) in [6.07, 6.45) is -9.25. The van der Waals surface area contributed by atoms with Crippen LogP contribution in [0.1, 0.15) is 41.6 Å². The van der Waals surface area contributed by atoms with Crippen LogP contribution in [0.5, 0.6) is 5.88 Å². The summed E-state index contributed by atoms with van der Waals surface area (Å²) in [6.45, 7) is -0.293. The van der Waals surface area contributed by atoms with Gasteiger partial charge in [-0.25, -0.2) is 9.97 Å². The van der Waals surface area contributed by atoms with Crippen molar-refractivity contribution in [3.8, 4) is 17.3 Å². The molecule has 41 heavy (non-hydrogen) atoms. The molecule has 9 nitrogen and oxygen atoms in total. The molecule has 0 aliphatic heterocycles. The number of imidazole rings is 1. The van der Waals surface area contributed by atoms with Crippen molar-refractivity contribution in [3.05, 3.63) is 65.2 Å². The second kappa shape index (κ2) is 11.4. The van der Waals surface area contributed by atoms with Crippen molar-refractivity contribution in [1.82, 2.24) is 19.5 Å². The molecule has 3 N–H and O–H groups in total. The molecule has 2 heterocycles. The highest BCUT2D eigenvalue weighted by Gasteiger charge is 2.42. The standard InChI is InChI=1S/C26H26F6N6O3/c1-34-19(14-8-9-14)18(21(33)40-3)22-35-10-16(20(39)26(30,31)32)24(37-22)41-12-13-4-6-15(7-5-13)23-36-17(11-38(23)2)25(27,28)29/h4-7,10-11,14,20,39H,8-9,12,33H2,1-3H3. The number of nitrogens with two attached hydrogens (primary N) is 1. The number of aliphatic hydroxyl groups is 1. The normalized spacial score (nSPS) is 15.9. The highest BCUT2D eigenvalue weighted by atomic mass is 19.4. The van der Waals surface area contributed by atoms with E-state index in [1.54, 1.807) is 0 Å². The second-order valence-corrected chi connectivity index (χ2v) is 9.27. The molecule has 1 unspecified atom stereocenters. The van der Waals surface area contributed by atoms with Crippen LogP contribution in [0, 0.1) is 5.92 Å². The van der Waals surface area contributed by atoms with Crippen LogP contribution >= 0.6 is 0 Å². The van der Waals surface area contributed by atoms with E-state index in [1.165, 1.54) is 50.0 Å². The molecule has 3 aromatic rings. The third kappa shape index (κ3) is 6.61. The first-order valence-corrected chi connectivity index (χ1v) is 12.2. The Balaban J connectivity index is 1.65. The number of allylic oxidation sites excluding steroid dienone is 1. The van der Waals surface area contributed by atoms with E-state index in [4.69, 9.17) is 15.2 Å². The molecular formula is C26H26F6N6O3. The summed E-state index contributed by atoms with van der Waals surface area (Å²) < 4.78 is 91.3. The topological polar surface area (TPSA) is 121 Å². The minimum absolute atomic E-state index is 0.0570. The molecule has 1 aliphatic rings. The van der Waals surface area contributed by atoms with Gasteiger partial charge in [0.15, 0.2) is 23.5 Å². The maximum absolute atomic E-state index is 13.4. The third-order valence-corrected chi connectivity index (χ3v) is 6.29. The molecule has 2 aromatic heterocycles. The van der Waals surface area contributed by atoms with Crippen LogP contribution in [-0.2, 0) is 24.6 Å². The highest BCUT2D eigenvalue weighted by Crippen LogP contribution is 2.39. The molecule has 1 aliphatic carbocycles. The van der Waals surface area contributed by atoms with Crippen LogP contribution in [0.3, 0.4) is 0 Å². The van der Waals surface area contributed by atoms with E-state index in [9.17, 15) is 31.4 Å². The van der Waals surface area contributed by atoms with Crippen LogP contribution in [0.25, 0.3) is 17.0 Å². The van der Waals surface area contributed by atoms with Gasteiger partial charge in [0, 0.05) is 38.0 Å². The molecule has 1 saturated carbocycles. The van der Waals surface area contributed by atoms with E-state index in [0.717, 1.165) is 25.2 Å². The average molecular weight is 585 g/mol. The predicted octanol–water partition coefficient (Wildman–Crippen LogP) is 4.83. The zero-order chi connectivity index (χ0) is 30.1. The summed E-state index contributed by atoms with van der Waals surface area (Å²) in [7, 11) is 4.27. The van der Waals surface area contributed by atoms with E-state index in [2.05, 4.69) is 19.9 Å². The van der Waals surface area contributed by atoms with Crippen LogP contribution in [0.4, 0.5) is 26.3 Å². The fraction of sp³-hybridized carbons (Fsp3) is 0.385. The van der Waals surface area contributed by atoms with Crippen LogP contribution in [-0.4, -0.2) is 50.7 Å². The van der Waals surface area contributed by atoms with Gasteiger partial charge in [-0.3, -0.25) is 4.99 Å². The Bertz CT molecular complexity index is 1460. The van der Waals surface area contributed by atoms with Crippen molar-refractivity contribution >= 4 is 11.3 Å². The van der Waals surface area contributed by atoms with Gasteiger partial charge in [-0.2, -0.15) is 31.3 Å². The number of ether oxygens (including phenoxy) is 2. The van der Waals surface area contributed by atoms with Gasteiger partial charge in [-0.15, -0.1) is 0 Å². The first-order valence-electron chi connectivity index (χ1n) is 12.2. The fourth-order valence-electron chi connectivity index (χ4n) is 4.06. The number of benzene rings is 1. The lowest BCUT2D eigenvalue weighted by Gasteiger charge is -2.19. The number of aliphatic imine (C=N–C) groups is 1. The quantitative estimate of drug-likeness (QED) is 0.210. The van der Waals surface area contributed by atoms with Gasteiger partial charge < -0.3 is 24.9 Å². The summed E-state index contributed by atoms with van der Waals surface area (Å²) in [6, 6.07) is 6.03. The van der Waals surface area contributed by atoms with Crippen molar-refractivity contribution in [2.75, 3.05) is 14.2 Å². The Labute approximate surface area is 230 Å². The smallest absolute Gasteiger partial charge is 0.434 e. The Kier molecular flexibility index (Phi) is 8.29. The second-order valence-electron chi connectivity index (χ2n) is 9.27. The largest absolute Gasteiger partial charge is 0.482 e. The maximum Gasteiger partial charge on any atom is 0.434 e. The van der Waals surface area contributed by atoms with Crippen molar-refractivity contribution in [2.45, 2.75) is 37.9 Å². The van der Waals surface area contributed by atoms with Gasteiger partial charge in [-0.1, -0.05) is 24.3 Å². The summed E-state index contributed by atoms with van der Waals surface area (Å²) in [5.74, 6) is -0.612. The van der Waals surface area contributed by atoms with E-state index in [0.29, 0.717) is 16.8 Å². The molecular weight excluding hydrogens is 558 g/mol. The lowest BCUT2D eigenvalue weighted by atomic mass is 10.1. The molecule has 0 amide bonds. The molecule has 1 aromatic carbocycles. The number of aryl methyl sites for hydroxylation is 1. The number of methoxy groups -OCH3 is 1. The summed E-state index contributed by atoms with van der Waals surface area (Å²) in [4.78, 5) is 16.1. The van der Waals surface area contributed by atoms with Crippen molar-refractivity contribution in [3.63, 3.8) is 0 Å². The lowest BCUT2D eigenvalue weighted by molar-refractivity contribution is -0.207. The van der Waals surface area contributed by atoms with E-state index in [1.807, 2.05) is 0 Å². The first kappa shape index (κ1) is 29.8. The van der Waals surface area contributed by atoms with Crippen LogP contribution < -0.4 is 10.5 Å². The zero-order valence-electron chi connectivity index (χ0n) is 22.1. The number of hydrogen-bond acceptors (Lipinski definition) is 8. The van der Waals surface area contributed by atoms with Crippen molar-refractivity contribution < 1.29 is 40.9 Å². The zero-order valence-corrected chi connectivity index (χ0v) is 22.1. The predicted molar refractivity (Wildman–Crippen MR) is 135 cm³/mol. The Hall–Kier alpha value is -4.14. The van der Waals surface area contributed by atoms with Gasteiger partial charge in [-0.05, 0) is 18.4 Å². The van der Waals surface area contributed by atoms with Crippen LogP contribution in [0.2, 0.25) is 0 Å². The molecule has 1 atom stereocenters. The molecule has 4 rings (SSSR count). The number of aromatic nitrogens is 4. The number of hydrogen-bond donors (Lipinski definition) is 2. The van der Waals surface area contributed by atoms with Gasteiger partial charge in [0.1, 0.15) is 18.0 Å². The van der Waals surface area contributed by atoms with Gasteiger partial charge in [0.25, 0.3) is 0 Å². The average Bonchev–Trinajstić information content (AvgIpc) is 3.68. The van der Waals surface area contributed by atoms with Gasteiger partial charge in [0.05, 0.1) is 18.4 Å². The van der Waals surface area contributed by atoms with E-state index >= 15 is 0 Å². The van der Waals surface area contributed by atoms with Crippen molar-refractivity contribution in [2.24, 2.45) is 23.7 Å². The number of rotatable bonds is 9. The van der Waals surface area contributed by atoms with Gasteiger partial charge in [0.2, 0.25) is 5.88 Å². The fourth-order valence-corrected chi connectivity index (χ4v) is 4.06. The maximum atomic E-state index is 13.4. The summed E-state index contributed by atoms with van der Waals surface area (Å²) in [5.41, 5.74) is 5.82. The molecule has 0 bridgehead atoms. The first-order chi connectivity index (χ1) is 19.2. The molecule has 220 valence electrons. The minimum Gasteiger partial charge on any atom is -0.482 e. The molecule has 0 spiro atoms. The van der Waals surface area contributed by atoms with Crippen LogP contribution in [0.15, 0.2) is 47.5 Å². The highest BCUT2D eigenvalue weighted by molar-refractivity contribution is 6.25. The number of alkyl halides is 6. The molecule has 1 fully saturated rings.